The van der Waals surface area contributed by atoms with Gasteiger partial charge in [0.2, 0.25) is 0 Å². The molecule has 1 atom stereocenters. The van der Waals surface area contributed by atoms with Crippen molar-refractivity contribution in [3.05, 3.63) is 159 Å². The second-order valence-corrected chi connectivity index (χ2v) is 22.5. The van der Waals surface area contributed by atoms with Crippen LogP contribution in [0.5, 0.6) is 0 Å². The maximum atomic E-state index is 3.26. The summed E-state index contributed by atoms with van der Waals surface area (Å²) in [6, 6.07) is 29.9. The average Bonchev–Trinajstić information content (AvgIpc) is 3.84. The minimum absolute atomic E-state index is 0.0848. The van der Waals surface area contributed by atoms with Crippen molar-refractivity contribution in [1.82, 2.24) is 0 Å². The summed E-state index contributed by atoms with van der Waals surface area (Å²) in [5.74, 6) is 0.522. The van der Waals surface area contributed by atoms with E-state index in [0.29, 0.717) is 11.3 Å². The summed E-state index contributed by atoms with van der Waals surface area (Å²) in [4.78, 5) is 0. The Bertz CT molecular complexity index is 2310. The van der Waals surface area contributed by atoms with Crippen molar-refractivity contribution in [2.45, 2.75) is 122 Å². The first-order chi connectivity index (χ1) is 26.3. The molecule has 0 radical (unpaired) electrons. The molecule has 0 aliphatic heterocycles. The van der Waals surface area contributed by atoms with E-state index < -0.39 is 0 Å². The van der Waals surface area contributed by atoms with Crippen molar-refractivity contribution in [3.63, 3.8) is 0 Å². The summed E-state index contributed by atoms with van der Waals surface area (Å²) in [7, 11) is 0. The molecule has 0 amide bonds. The zero-order valence-corrected chi connectivity index (χ0v) is 40.4. The van der Waals surface area contributed by atoms with E-state index in [-0.39, 0.29) is 21.7 Å². The molecule has 1 unspecified atom stereocenters. The van der Waals surface area contributed by atoms with Crippen molar-refractivity contribution in [1.29, 1.82) is 0 Å². The van der Waals surface area contributed by atoms with Gasteiger partial charge in [0.05, 0.1) is 0 Å². The number of fused-ring (bicyclic) bond motifs is 5. The van der Waals surface area contributed by atoms with Gasteiger partial charge in [-0.1, -0.05) is 144 Å². The number of benzene rings is 4. The number of aryl methyl sites for hydroxylation is 2. The normalized spacial score (nSPS) is 17.9. The number of hydrogen-bond acceptors (Lipinski definition) is 0. The molecule has 3 aliphatic carbocycles. The number of rotatable bonds is 2. The predicted molar refractivity (Wildman–Crippen MR) is 248 cm³/mol. The van der Waals surface area contributed by atoms with E-state index >= 15 is 0 Å². The van der Waals surface area contributed by atoms with Crippen LogP contribution in [0.3, 0.4) is 0 Å². The molecule has 0 nitrogen and oxygen atoms in total. The van der Waals surface area contributed by atoms with Gasteiger partial charge in [0.1, 0.15) is 0 Å². The molecule has 294 valence electrons. The van der Waals surface area contributed by atoms with Gasteiger partial charge in [-0.3, -0.25) is 6.08 Å². The topological polar surface area (TPSA) is 0 Å². The van der Waals surface area contributed by atoms with E-state index in [1.165, 1.54) is 110 Å². The third-order valence-corrected chi connectivity index (χ3v) is 13.5. The van der Waals surface area contributed by atoms with Crippen LogP contribution < -0.4 is 0 Å². The van der Waals surface area contributed by atoms with Crippen LogP contribution >= 0.6 is 0 Å². The molecule has 0 heterocycles. The Morgan fingerprint density at radius 3 is 1.28 bits per heavy atom. The van der Waals surface area contributed by atoms with Crippen LogP contribution in [0.25, 0.3) is 32.7 Å². The van der Waals surface area contributed by atoms with Gasteiger partial charge in [-0.05, 0) is 33.1 Å². The Labute approximate surface area is 361 Å². The Balaban J connectivity index is 0.000000175. The molecule has 1 heteroatoms. The van der Waals surface area contributed by atoms with E-state index in [2.05, 4.69) is 220 Å². The fourth-order valence-corrected chi connectivity index (χ4v) is 9.37. The van der Waals surface area contributed by atoms with E-state index in [0.717, 1.165) is 0 Å². The van der Waals surface area contributed by atoms with Gasteiger partial charge in [0.15, 0.2) is 0 Å². The third kappa shape index (κ3) is 9.06. The Kier molecular flexibility index (Phi) is 11.5. The van der Waals surface area contributed by atoms with Gasteiger partial charge in [0.25, 0.3) is 0 Å². The van der Waals surface area contributed by atoms with Gasteiger partial charge in [0, 0.05) is 10.8 Å². The fraction of sp³-hybridized carbons (Fsp3) is 0.393. The van der Waals surface area contributed by atoms with E-state index in [1.807, 2.05) is 0 Å². The molecule has 8 rings (SSSR count). The number of hydrogen-bond donors (Lipinski definition) is 0. The molecule has 0 saturated carbocycles. The molecule has 3 aliphatic rings. The van der Waals surface area contributed by atoms with Crippen molar-refractivity contribution >= 4 is 35.9 Å². The second kappa shape index (κ2) is 15.2. The summed E-state index contributed by atoms with van der Waals surface area (Å²) < 4.78 is 1.42. The van der Waals surface area contributed by atoms with Gasteiger partial charge in [-0.25, -0.2) is 6.08 Å². The molecular weight excluding hydrogens is 764 g/mol. The SMILES string of the molecule is CC(C)(C)C1=CC(C)(C)c2cc3[cH-]c4cc5c(cc4c3cc21)C(C(C)(C)C)=CC5(C)C.CC1[C-]=CC(C(C)(C)C)=C1.Cc1ccc([C](=[Zr+2])c2ccc(C)cc2)cc1. The van der Waals surface area contributed by atoms with E-state index in [4.69, 9.17) is 0 Å². The summed E-state index contributed by atoms with van der Waals surface area (Å²) in [6.07, 6.45) is 12.7. The summed E-state index contributed by atoms with van der Waals surface area (Å²) >= 11 is 1.46. The van der Waals surface area contributed by atoms with Crippen molar-refractivity contribution in [2.24, 2.45) is 22.2 Å². The zero-order chi connectivity index (χ0) is 42.0. The maximum absolute atomic E-state index is 3.26. The van der Waals surface area contributed by atoms with Crippen LogP contribution in [0, 0.1) is 42.1 Å². The van der Waals surface area contributed by atoms with E-state index in [1.54, 1.807) is 0 Å². The average molecular weight is 830 g/mol. The molecule has 0 spiro atoms. The second-order valence-electron chi connectivity index (χ2n) is 21.3. The summed E-state index contributed by atoms with van der Waals surface area (Å²) in [5.41, 5.74) is 16.3. The Morgan fingerprint density at radius 2 is 0.982 bits per heavy atom. The van der Waals surface area contributed by atoms with Crippen molar-refractivity contribution in [3.8, 4) is 0 Å². The van der Waals surface area contributed by atoms with E-state index in [9.17, 15) is 0 Å². The standard InChI is InChI=1S/C31H37.C15H14.C10H15.Zr/c1-28(2,3)26-16-30(7,8)24-12-18-11-19-13-25-23(15-21(19)20(18)14-22(24)26)27(29(4,5)6)17-31(25,9)10;1-12-3-7-14(8-4-12)11-15-9-5-13(2)6-10-15;1-8-5-6-9(7-8)10(2,3)4;/h11-17H,1-10H3;3-10H,1-2H3;6-8H,1-4H3;/q-1;;-1;+2. The molecule has 0 aromatic heterocycles. The van der Waals surface area contributed by atoms with Crippen LogP contribution in [-0.2, 0) is 35.1 Å². The van der Waals surface area contributed by atoms with Gasteiger partial charge in [-0.15, -0.1) is 39.7 Å². The molecule has 5 aromatic carbocycles. The minimum atomic E-state index is 0.0848. The molecule has 0 saturated heterocycles. The van der Waals surface area contributed by atoms with Gasteiger partial charge < -0.3 is 0 Å². The molecule has 0 bridgehead atoms. The predicted octanol–water partition coefficient (Wildman–Crippen LogP) is 15.5. The fourth-order valence-electron chi connectivity index (χ4n) is 8.55. The Morgan fingerprint density at radius 1 is 0.596 bits per heavy atom. The molecule has 0 N–H and O–H groups in total. The zero-order valence-electron chi connectivity index (χ0n) is 37.9. The van der Waals surface area contributed by atoms with Crippen LogP contribution in [0.4, 0.5) is 0 Å². The first-order valence-corrected chi connectivity index (χ1v) is 22.2. The summed E-state index contributed by atoms with van der Waals surface area (Å²) in [6.45, 7) is 36.6. The van der Waals surface area contributed by atoms with Crippen LogP contribution in [0.15, 0.2) is 109 Å². The summed E-state index contributed by atoms with van der Waals surface area (Å²) in [5, 5.41) is 5.58. The van der Waals surface area contributed by atoms with Crippen LogP contribution in [0.2, 0.25) is 0 Å². The van der Waals surface area contributed by atoms with Crippen LogP contribution in [0.1, 0.15) is 141 Å². The quantitative estimate of drug-likeness (QED) is 0.156. The first kappa shape index (κ1) is 43.1. The van der Waals surface area contributed by atoms with Crippen molar-refractivity contribution < 1.29 is 24.2 Å². The molecular formula is C56H66Zr. The molecule has 57 heavy (non-hydrogen) atoms. The van der Waals surface area contributed by atoms with Gasteiger partial charge in [-0.2, -0.15) is 11.6 Å². The number of allylic oxidation sites excluding steroid dienone is 8. The van der Waals surface area contributed by atoms with Gasteiger partial charge >= 0.3 is 112 Å². The molecule has 5 aromatic rings. The first-order valence-electron chi connectivity index (χ1n) is 21.0. The molecule has 0 fully saturated rings. The van der Waals surface area contributed by atoms with Crippen molar-refractivity contribution in [2.75, 3.05) is 0 Å². The van der Waals surface area contributed by atoms with Crippen LogP contribution in [-0.4, -0.2) is 3.21 Å². The third-order valence-electron chi connectivity index (χ3n) is 12.1. The Hall–Kier alpha value is -3.54. The monoisotopic (exact) mass is 828 g/mol.